The summed E-state index contributed by atoms with van der Waals surface area (Å²) in [7, 11) is 0. The Morgan fingerprint density at radius 3 is 1.72 bits per heavy atom. The van der Waals surface area contributed by atoms with Crippen LogP contribution in [-0.2, 0) is 0 Å². The van der Waals surface area contributed by atoms with E-state index in [-0.39, 0.29) is 0 Å². The summed E-state index contributed by atoms with van der Waals surface area (Å²) in [4.78, 5) is 9.35. The fraction of sp³-hybridized carbons (Fsp3) is 0.375. The normalized spacial score (nSPS) is 11.2. The summed E-state index contributed by atoms with van der Waals surface area (Å²) in [6.45, 7) is 8.67. The van der Waals surface area contributed by atoms with Crippen LogP contribution in [0.2, 0.25) is 0 Å². The summed E-state index contributed by atoms with van der Waals surface area (Å²) >= 11 is 0. The van der Waals surface area contributed by atoms with Crippen LogP contribution in [-0.4, -0.2) is 9.97 Å². The van der Waals surface area contributed by atoms with Gasteiger partial charge in [0.25, 0.3) is 0 Å². The largest absolute Gasteiger partial charge is 0.233 e. The Morgan fingerprint density at radius 1 is 0.778 bits per heavy atom. The van der Waals surface area contributed by atoms with Gasteiger partial charge in [-0.05, 0) is 17.9 Å². The van der Waals surface area contributed by atoms with Crippen LogP contribution in [0.3, 0.4) is 0 Å². The van der Waals surface area contributed by atoms with E-state index in [1.165, 1.54) is 0 Å². The number of benzene rings is 1. The highest BCUT2D eigenvalue weighted by Crippen LogP contribution is 2.22. The molecule has 0 N–H and O–H groups in total. The fourth-order valence-corrected chi connectivity index (χ4v) is 1.79. The van der Waals surface area contributed by atoms with Crippen LogP contribution in [0.1, 0.15) is 50.9 Å². The van der Waals surface area contributed by atoms with E-state index in [4.69, 9.17) is 0 Å². The van der Waals surface area contributed by atoms with Gasteiger partial charge in [0.15, 0.2) is 5.82 Å². The third-order valence-corrected chi connectivity index (χ3v) is 2.98. The molecule has 2 nitrogen and oxygen atoms in total. The Labute approximate surface area is 109 Å². The van der Waals surface area contributed by atoms with Gasteiger partial charge in [-0.25, -0.2) is 9.97 Å². The molecule has 0 amide bonds. The first kappa shape index (κ1) is 12.7. The van der Waals surface area contributed by atoms with Crippen LogP contribution in [0.15, 0.2) is 36.4 Å². The number of nitrogens with zero attached hydrogens (tertiary/aromatic N) is 2. The maximum atomic E-state index is 4.67. The summed E-state index contributed by atoms with van der Waals surface area (Å²) in [5.74, 6) is 1.69. The number of rotatable bonds is 3. The lowest BCUT2D eigenvalue weighted by Gasteiger charge is -2.12. The van der Waals surface area contributed by atoms with E-state index >= 15 is 0 Å². The van der Waals surface area contributed by atoms with Gasteiger partial charge < -0.3 is 0 Å². The van der Waals surface area contributed by atoms with E-state index in [1.54, 1.807) is 0 Å². The zero-order valence-corrected chi connectivity index (χ0v) is 11.5. The predicted octanol–water partition coefficient (Wildman–Crippen LogP) is 4.39. The van der Waals surface area contributed by atoms with Gasteiger partial charge in [0.1, 0.15) is 0 Å². The molecule has 1 aromatic carbocycles. The van der Waals surface area contributed by atoms with Gasteiger partial charge in [0, 0.05) is 17.0 Å². The van der Waals surface area contributed by atoms with Crippen LogP contribution in [0.4, 0.5) is 0 Å². The maximum absolute atomic E-state index is 4.67. The topological polar surface area (TPSA) is 25.8 Å². The Hall–Kier alpha value is -1.70. The molecule has 2 heteroatoms. The molecule has 2 aromatic rings. The van der Waals surface area contributed by atoms with Crippen LogP contribution >= 0.6 is 0 Å². The minimum Gasteiger partial charge on any atom is -0.233 e. The van der Waals surface area contributed by atoms with Crippen molar-refractivity contribution in [2.45, 2.75) is 39.5 Å². The highest BCUT2D eigenvalue weighted by molar-refractivity contribution is 5.55. The monoisotopic (exact) mass is 240 g/mol. The van der Waals surface area contributed by atoms with Gasteiger partial charge in [-0.3, -0.25) is 0 Å². The molecule has 0 aliphatic carbocycles. The first-order chi connectivity index (χ1) is 8.58. The molecular formula is C16H20N2. The highest BCUT2D eigenvalue weighted by Gasteiger charge is 2.11. The second-order valence-electron chi connectivity index (χ2n) is 5.22. The summed E-state index contributed by atoms with van der Waals surface area (Å²) in [6.07, 6.45) is 0. The molecular weight excluding hydrogens is 220 g/mol. The molecule has 1 heterocycles. The van der Waals surface area contributed by atoms with Crippen molar-refractivity contribution in [3.05, 3.63) is 47.8 Å². The average molecular weight is 240 g/mol. The second kappa shape index (κ2) is 5.30. The van der Waals surface area contributed by atoms with Gasteiger partial charge in [-0.2, -0.15) is 0 Å². The zero-order valence-electron chi connectivity index (χ0n) is 11.5. The lowest BCUT2D eigenvalue weighted by Crippen LogP contribution is -2.03. The van der Waals surface area contributed by atoms with Gasteiger partial charge in [-0.1, -0.05) is 58.0 Å². The third-order valence-electron chi connectivity index (χ3n) is 2.98. The quantitative estimate of drug-likeness (QED) is 0.795. The standard InChI is InChI=1S/C16H20N2/c1-11(2)14-10-15(12(3)4)18-16(17-14)13-8-6-5-7-9-13/h5-12H,1-4H3. The van der Waals surface area contributed by atoms with Crippen LogP contribution in [0.25, 0.3) is 11.4 Å². The number of hydrogen-bond acceptors (Lipinski definition) is 2. The summed E-state index contributed by atoms with van der Waals surface area (Å²) < 4.78 is 0. The van der Waals surface area contributed by atoms with Gasteiger partial charge in [0.2, 0.25) is 0 Å². The molecule has 0 radical (unpaired) electrons. The Balaban J connectivity index is 2.54. The van der Waals surface area contributed by atoms with Gasteiger partial charge in [0.05, 0.1) is 0 Å². The second-order valence-corrected chi connectivity index (χ2v) is 5.22. The highest BCUT2D eigenvalue weighted by atomic mass is 14.9. The molecule has 0 aliphatic heterocycles. The molecule has 0 saturated carbocycles. The Bertz CT molecular complexity index is 490. The number of aromatic nitrogens is 2. The molecule has 2 rings (SSSR count). The summed E-state index contributed by atoms with van der Waals surface area (Å²) in [6, 6.07) is 12.3. The minimum atomic E-state index is 0.424. The lowest BCUT2D eigenvalue weighted by molar-refractivity contribution is 0.771. The van der Waals surface area contributed by atoms with E-state index in [0.717, 1.165) is 22.8 Å². The molecule has 18 heavy (non-hydrogen) atoms. The fourth-order valence-electron chi connectivity index (χ4n) is 1.79. The molecule has 0 spiro atoms. The van der Waals surface area contributed by atoms with Crippen molar-refractivity contribution in [2.24, 2.45) is 0 Å². The smallest absolute Gasteiger partial charge is 0.159 e. The van der Waals surface area contributed by atoms with Crippen LogP contribution in [0, 0.1) is 0 Å². The van der Waals surface area contributed by atoms with E-state index in [2.05, 4.69) is 55.9 Å². The van der Waals surface area contributed by atoms with Crippen molar-refractivity contribution >= 4 is 0 Å². The molecule has 0 bridgehead atoms. The lowest BCUT2D eigenvalue weighted by atomic mass is 10.0. The van der Waals surface area contributed by atoms with Crippen LogP contribution in [0.5, 0.6) is 0 Å². The van der Waals surface area contributed by atoms with Crippen molar-refractivity contribution in [1.82, 2.24) is 9.97 Å². The van der Waals surface area contributed by atoms with Gasteiger partial charge in [-0.15, -0.1) is 0 Å². The van der Waals surface area contributed by atoms with Crippen LogP contribution < -0.4 is 0 Å². The van der Waals surface area contributed by atoms with Crippen molar-refractivity contribution in [2.75, 3.05) is 0 Å². The number of hydrogen-bond donors (Lipinski definition) is 0. The van der Waals surface area contributed by atoms with Gasteiger partial charge >= 0.3 is 0 Å². The molecule has 94 valence electrons. The third kappa shape index (κ3) is 2.76. The Kier molecular flexibility index (Phi) is 3.75. The van der Waals surface area contributed by atoms with Crippen molar-refractivity contribution in [3.8, 4) is 11.4 Å². The molecule has 0 unspecified atom stereocenters. The first-order valence-corrected chi connectivity index (χ1v) is 6.52. The summed E-state index contributed by atoms with van der Waals surface area (Å²) in [5, 5.41) is 0. The minimum absolute atomic E-state index is 0.424. The average Bonchev–Trinajstić information content (AvgIpc) is 2.39. The molecule has 0 saturated heterocycles. The van der Waals surface area contributed by atoms with Crippen molar-refractivity contribution in [3.63, 3.8) is 0 Å². The Morgan fingerprint density at radius 2 is 1.28 bits per heavy atom. The first-order valence-electron chi connectivity index (χ1n) is 6.52. The van der Waals surface area contributed by atoms with E-state index in [9.17, 15) is 0 Å². The van der Waals surface area contributed by atoms with Crippen molar-refractivity contribution < 1.29 is 0 Å². The predicted molar refractivity (Wildman–Crippen MR) is 75.6 cm³/mol. The molecule has 0 atom stereocenters. The van der Waals surface area contributed by atoms with E-state index < -0.39 is 0 Å². The maximum Gasteiger partial charge on any atom is 0.159 e. The molecule has 0 fully saturated rings. The zero-order chi connectivity index (χ0) is 13.1. The molecule has 1 aromatic heterocycles. The van der Waals surface area contributed by atoms with E-state index in [1.807, 2.05) is 18.2 Å². The SMILES string of the molecule is CC(C)c1cc(C(C)C)nc(-c2ccccc2)n1. The summed E-state index contributed by atoms with van der Waals surface area (Å²) in [5.41, 5.74) is 3.32. The molecule has 0 aliphatic rings. The van der Waals surface area contributed by atoms with E-state index in [0.29, 0.717) is 11.8 Å². The van der Waals surface area contributed by atoms with Crippen molar-refractivity contribution in [1.29, 1.82) is 0 Å².